The van der Waals surface area contributed by atoms with E-state index in [1.165, 1.54) is 24.3 Å². The zero-order valence-corrected chi connectivity index (χ0v) is 7.08. The lowest BCUT2D eigenvalue weighted by molar-refractivity contribution is 0.0112. The van der Waals surface area contributed by atoms with Crippen molar-refractivity contribution < 1.29 is 18.7 Å². The molecule has 74 valence electrons. The van der Waals surface area contributed by atoms with Crippen LogP contribution in [-0.2, 0) is 11.2 Å². The van der Waals surface area contributed by atoms with Crippen molar-refractivity contribution in [2.45, 2.75) is 12.5 Å². The number of para-hydroxylation sites is 1. The first-order valence-electron chi connectivity index (χ1n) is 3.79. The number of rotatable bonds is 3. The van der Waals surface area contributed by atoms with Crippen LogP contribution in [0.5, 0.6) is 5.75 Å². The van der Waals surface area contributed by atoms with Crippen LogP contribution in [0.2, 0.25) is 0 Å². The average Bonchev–Trinajstić information content (AvgIpc) is 2.08. The van der Waals surface area contributed by atoms with Gasteiger partial charge in [0.1, 0.15) is 5.75 Å². The van der Waals surface area contributed by atoms with Gasteiger partial charge < -0.3 is 5.11 Å². The summed E-state index contributed by atoms with van der Waals surface area (Å²) in [6, 6.07) is 2.13. The highest BCUT2D eigenvalue weighted by molar-refractivity contribution is 5.36. The summed E-state index contributed by atoms with van der Waals surface area (Å²) in [5.41, 5.74) is 0.0384. The quantitative estimate of drug-likeness (QED) is 0.459. The number of aromatic hydroxyl groups is 1. The Kier molecular flexibility index (Phi) is 2.94. The highest BCUT2D eigenvalue weighted by Crippen LogP contribution is 2.25. The molecule has 0 atom stereocenters. The van der Waals surface area contributed by atoms with Gasteiger partial charge in [-0.25, -0.2) is 4.79 Å². The summed E-state index contributed by atoms with van der Waals surface area (Å²) in [5, 5.41) is 9.17. The molecule has 0 spiro atoms. The normalized spacial score (nSPS) is 10.7. The molecular weight excluding hydrogens is 192 g/mol. The fourth-order valence-electron chi connectivity index (χ4n) is 0.996. The number of nitrogens with zero attached hydrogens (tertiary/aromatic N) is 1. The highest BCUT2D eigenvalue weighted by atomic mass is 19.3. The number of halogens is 2. The molecule has 0 unspecified atom stereocenters. The van der Waals surface area contributed by atoms with E-state index < -0.39 is 12.5 Å². The fraction of sp³-hybridized carbons (Fsp3) is 0.222. The van der Waals surface area contributed by atoms with Gasteiger partial charge in [-0.1, -0.05) is 18.2 Å². The van der Waals surface area contributed by atoms with Gasteiger partial charge in [0.05, 0.1) is 6.42 Å². The molecule has 1 aromatic carbocycles. The molecule has 0 aliphatic heterocycles. The van der Waals surface area contributed by atoms with Gasteiger partial charge in [0.2, 0.25) is 6.08 Å². The molecule has 0 saturated carbocycles. The maximum atomic E-state index is 12.7. The predicted molar refractivity (Wildman–Crippen MR) is 44.9 cm³/mol. The number of aliphatic imine (C=N–C) groups is 1. The van der Waals surface area contributed by atoms with E-state index in [4.69, 9.17) is 5.11 Å². The Bertz CT molecular complexity index is 373. The minimum atomic E-state index is -3.51. The lowest BCUT2D eigenvalue weighted by Crippen LogP contribution is -2.15. The predicted octanol–water partition coefficient (Wildman–Crippen LogP) is 1.86. The van der Waals surface area contributed by atoms with Gasteiger partial charge in [-0.3, -0.25) is 0 Å². The molecule has 1 aromatic rings. The van der Waals surface area contributed by atoms with Gasteiger partial charge in [-0.15, -0.1) is 4.99 Å². The Labute approximate surface area is 78.7 Å². The molecule has 1 N–H and O–H groups in total. The molecule has 0 aliphatic carbocycles. The first kappa shape index (κ1) is 10.3. The Balaban J connectivity index is 2.88. The summed E-state index contributed by atoms with van der Waals surface area (Å²) < 4.78 is 25.5. The minimum absolute atomic E-state index is 0.0384. The summed E-state index contributed by atoms with van der Waals surface area (Å²) in [6.45, 7) is 0. The van der Waals surface area contributed by atoms with Gasteiger partial charge in [0, 0.05) is 5.56 Å². The zero-order chi connectivity index (χ0) is 10.6. The third kappa shape index (κ3) is 2.64. The van der Waals surface area contributed by atoms with Crippen molar-refractivity contribution in [3.63, 3.8) is 0 Å². The Hall–Kier alpha value is -1.74. The van der Waals surface area contributed by atoms with E-state index in [0.717, 1.165) is 6.08 Å². The SMILES string of the molecule is O=C=NC(F)(F)Cc1ccccc1O. The molecule has 0 saturated heterocycles. The van der Waals surface area contributed by atoms with Crippen LogP contribution in [0.15, 0.2) is 29.3 Å². The molecule has 0 amide bonds. The van der Waals surface area contributed by atoms with E-state index in [9.17, 15) is 13.6 Å². The topological polar surface area (TPSA) is 49.7 Å². The Morgan fingerprint density at radius 2 is 2.07 bits per heavy atom. The van der Waals surface area contributed by atoms with Crippen molar-refractivity contribution in [2.75, 3.05) is 0 Å². The van der Waals surface area contributed by atoms with Crippen LogP contribution in [0.4, 0.5) is 8.78 Å². The van der Waals surface area contributed by atoms with E-state index in [1.807, 2.05) is 0 Å². The summed E-state index contributed by atoms with van der Waals surface area (Å²) >= 11 is 0. The third-order valence-corrected chi connectivity index (χ3v) is 1.60. The second kappa shape index (κ2) is 3.98. The van der Waals surface area contributed by atoms with Crippen LogP contribution in [0.3, 0.4) is 0 Å². The average molecular weight is 199 g/mol. The van der Waals surface area contributed by atoms with Crippen LogP contribution in [0, 0.1) is 0 Å². The van der Waals surface area contributed by atoms with E-state index in [1.54, 1.807) is 0 Å². The van der Waals surface area contributed by atoms with E-state index in [2.05, 4.69) is 4.99 Å². The highest BCUT2D eigenvalue weighted by Gasteiger charge is 2.29. The van der Waals surface area contributed by atoms with Gasteiger partial charge in [-0.2, -0.15) is 8.78 Å². The van der Waals surface area contributed by atoms with Crippen molar-refractivity contribution in [1.82, 2.24) is 0 Å². The standard InChI is InChI=1S/C9H7F2NO2/c10-9(11,12-6-13)5-7-3-1-2-4-8(7)14/h1-4,14H,5H2. The van der Waals surface area contributed by atoms with Crippen LogP contribution in [-0.4, -0.2) is 17.2 Å². The van der Waals surface area contributed by atoms with Crippen molar-refractivity contribution in [2.24, 2.45) is 4.99 Å². The molecule has 3 nitrogen and oxygen atoms in total. The number of phenolic OH excluding ortho intramolecular Hbond substituents is 1. The Morgan fingerprint density at radius 3 is 2.64 bits per heavy atom. The van der Waals surface area contributed by atoms with Gasteiger partial charge in [0.15, 0.2) is 0 Å². The monoisotopic (exact) mass is 199 g/mol. The van der Waals surface area contributed by atoms with Crippen molar-refractivity contribution in [3.8, 4) is 5.75 Å². The smallest absolute Gasteiger partial charge is 0.356 e. The molecule has 0 aromatic heterocycles. The molecule has 1 rings (SSSR count). The summed E-state index contributed by atoms with van der Waals surface area (Å²) in [6.07, 6.45) is -0.0196. The fourth-order valence-corrected chi connectivity index (χ4v) is 0.996. The number of isocyanates is 1. The van der Waals surface area contributed by atoms with Crippen LogP contribution in [0.1, 0.15) is 5.56 Å². The second-order valence-corrected chi connectivity index (χ2v) is 2.67. The third-order valence-electron chi connectivity index (χ3n) is 1.60. The summed E-state index contributed by atoms with van der Waals surface area (Å²) in [5.74, 6) is -0.242. The maximum absolute atomic E-state index is 12.7. The van der Waals surface area contributed by atoms with E-state index in [0.29, 0.717) is 0 Å². The lowest BCUT2D eigenvalue weighted by Gasteiger charge is -2.09. The van der Waals surface area contributed by atoms with Crippen LogP contribution in [0.25, 0.3) is 0 Å². The molecule has 0 bridgehead atoms. The number of phenols is 1. The Morgan fingerprint density at radius 1 is 1.43 bits per heavy atom. The molecule has 0 fully saturated rings. The first-order valence-corrected chi connectivity index (χ1v) is 3.79. The summed E-state index contributed by atoms with van der Waals surface area (Å²) in [7, 11) is 0. The van der Waals surface area contributed by atoms with Gasteiger partial charge in [0.25, 0.3) is 0 Å². The maximum Gasteiger partial charge on any atom is 0.356 e. The van der Waals surface area contributed by atoms with Crippen LogP contribution >= 0.6 is 0 Å². The summed E-state index contributed by atoms with van der Waals surface area (Å²) in [4.78, 5) is 12.0. The second-order valence-electron chi connectivity index (χ2n) is 2.67. The van der Waals surface area contributed by atoms with Gasteiger partial charge >= 0.3 is 6.05 Å². The lowest BCUT2D eigenvalue weighted by atomic mass is 10.1. The molecule has 0 aliphatic rings. The van der Waals surface area contributed by atoms with Crippen LogP contribution < -0.4 is 0 Å². The van der Waals surface area contributed by atoms with E-state index in [-0.39, 0.29) is 11.3 Å². The minimum Gasteiger partial charge on any atom is -0.508 e. The molecule has 0 radical (unpaired) electrons. The van der Waals surface area contributed by atoms with E-state index >= 15 is 0 Å². The molecule has 14 heavy (non-hydrogen) atoms. The molecule has 0 heterocycles. The number of benzene rings is 1. The van der Waals surface area contributed by atoms with Crippen molar-refractivity contribution in [3.05, 3.63) is 29.8 Å². The zero-order valence-electron chi connectivity index (χ0n) is 7.08. The number of hydrogen-bond acceptors (Lipinski definition) is 3. The number of carbonyl (C=O) groups excluding carboxylic acids is 1. The largest absolute Gasteiger partial charge is 0.508 e. The van der Waals surface area contributed by atoms with Crippen molar-refractivity contribution >= 4 is 6.08 Å². The molecular formula is C9H7F2NO2. The molecule has 5 heteroatoms. The van der Waals surface area contributed by atoms with Gasteiger partial charge in [-0.05, 0) is 6.07 Å². The number of alkyl halides is 2. The van der Waals surface area contributed by atoms with Crippen molar-refractivity contribution in [1.29, 1.82) is 0 Å². The number of hydrogen-bond donors (Lipinski definition) is 1. The first-order chi connectivity index (χ1) is 6.55.